The Hall–Kier alpha value is -2.77. The largest absolute Gasteiger partial charge is 0.356 e. The summed E-state index contributed by atoms with van der Waals surface area (Å²) >= 11 is 0. The van der Waals surface area contributed by atoms with Gasteiger partial charge in [-0.3, -0.25) is 9.59 Å². The van der Waals surface area contributed by atoms with Gasteiger partial charge in [-0.25, -0.2) is 13.8 Å². The number of amides is 1. The Balaban J connectivity index is 1.69. The Morgan fingerprint density at radius 2 is 1.97 bits per heavy atom. The Bertz CT molecular complexity index is 973. The van der Waals surface area contributed by atoms with Crippen molar-refractivity contribution in [3.63, 3.8) is 0 Å². The van der Waals surface area contributed by atoms with Crippen LogP contribution in [0.2, 0.25) is 0 Å². The predicted octanol–water partition coefficient (Wildman–Crippen LogP) is 3.53. The number of aromatic amines is 1. The zero-order chi connectivity index (χ0) is 20.4. The van der Waals surface area contributed by atoms with Crippen molar-refractivity contribution in [3.05, 3.63) is 51.6 Å². The van der Waals surface area contributed by atoms with Gasteiger partial charge in [0.1, 0.15) is 5.82 Å². The van der Waals surface area contributed by atoms with Crippen molar-refractivity contribution in [1.29, 1.82) is 0 Å². The summed E-state index contributed by atoms with van der Waals surface area (Å²) < 4.78 is 27.7. The van der Waals surface area contributed by atoms with E-state index in [-0.39, 0.29) is 30.9 Å². The van der Waals surface area contributed by atoms with Gasteiger partial charge in [-0.15, -0.1) is 0 Å². The number of hydrogen-bond donors (Lipinski definition) is 2. The number of aryl methyl sites for hydroxylation is 2. The van der Waals surface area contributed by atoms with Crippen LogP contribution in [0.5, 0.6) is 0 Å². The van der Waals surface area contributed by atoms with Crippen molar-refractivity contribution < 1.29 is 13.6 Å². The summed E-state index contributed by atoms with van der Waals surface area (Å²) in [5, 5.41) is 2.74. The lowest BCUT2D eigenvalue weighted by Crippen LogP contribution is -2.30. The predicted molar refractivity (Wildman–Crippen MR) is 107 cm³/mol. The molecule has 2 aromatic heterocycles. The Kier molecular flexibility index (Phi) is 5.34. The molecule has 0 spiro atoms. The molecule has 0 saturated carbocycles. The number of fused-ring (bicyclic) bond motifs is 1. The fourth-order valence-corrected chi connectivity index (χ4v) is 4.03. The number of pyridine rings is 2. The molecule has 1 amide bonds. The van der Waals surface area contributed by atoms with E-state index in [9.17, 15) is 18.4 Å². The van der Waals surface area contributed by atoms with Crippen molar-refractivity contribution in [2.75, 3.05) is 23.3 Å². The molecular weight excluding hydrogens is 378 g/mol. The minimum atomic E-state index is -2.68. The fraction of sp³-hybridized carbons (Fsp3) is 0.476. The summed E-state index contributed by atoms with van der Waals surface area (Å²) in [6, 6.07) is 4.75. The van der Waals surface area contributed by atoms with Gasteiger partial charge in [-0.05, 0) is 49.8 Å². The average molecular weight is 402 g/mol. The molecule has 3 heterocycles. The highest BCUT2D eigenvalue weighted by Crippen LogP contribution is 2.32. The van der Waals surface area contributed by atoms with Gasteiger partial charge in [0, 0.05) is 49.6 Å². The normalized spacial score (nSPS) is 18.6. The number of H-pyrrole nitrogens is 1. The third-order valence-corrected chi connectivity index (χ3v) is 5.58. The number of carbonyl (C=O) groups is 1. The molecule has 4 rings (SSSR count). The summed E-state index contributed by atoms with van der Waals surface area (Å²) in [6.07, 6.45) is 5.18. The summed E-state index contributed by atoms with van der Waals surface area (Å²) in [4.78, 5) is 33.6. The second-order valence-corrected chi connectivity index (χ2v) is 7.76. The van der Waals surface area contributed by atoms with E-state index in [4.69, 9.17) is 4.98 Å². The molecule has 0 bridgehead atoms. The average Bonchev–Trinajstić information content (AvgIpc) is 2.87. The number of alkyl halides is 2. The van der Waals surface area contributed by atoms with Gasteiger partial charge in [-0.2, -0.15) is 0 Å². The first-order valence-electron chi connectivity index (χ1n) is 10.1. The third-order valence-electron chi connectivity index (χ3n) is 5.58. The van der Waals surface area contributed by atoms with Crippen LogP contribution < -0.4 is 15.8 Å². The molecule has 6 nitrogen and oxygen atoms in total. The smallest absolute Gasteiger partial charge is 0.259 e. The van der Waals surface area contributed by atoms with E-state index < -0.39 is 5.92 Å². The molecule has 0 aromatic carbocycles. The van der Waals surface area contributed by atoms with E-state index in [1.54, 1.807) is 6.07 Å². The molecular formula is C21H24F2N4O2. The van der Waals surface area contributed by atoms with Gasteiger partial charge in [0.2, 0.25) is 11.5 Å². The first kappa shape index (κ1) is 19.5. The number of halogens is 2. The number of nitrogens with zero attached hydrogens (tertiary/aromatic N) is 2. The molecule has 1 aliphatic heterocycles. The van der Waals surface area contributed by atoms with Crippen molar-refractivity contribution in [3.8, 4) is 0 Å². The van der Waals surface area contributed by atoms with Crippen LogP contribution in [0.1, 0.15) is 53.7 Å². The lowest BCUT2D eigenvalue weighted by Gasteiger charge is -2.27. The van der Waals surface area contributed by atoms with Crippen molar-refractivity contribution >= 4 is 17.4 Å². The van der Waals surface area contributed by atoms with Gasteiger partial charge in [0.25, 0.3) is 5.91 Å². The first-order chi connectivity index (χ1) is 13.9. The maximum Gasteiger partial charge on any atom is 0.259 e. The summed E-state index contributed by atoms with van der Waals surface area (Å²) in [5.74, 6) is -2.61. The van der Waals surface area contributed by atoms with Gasteiger partial charge >= 0.3 is 0 Å². The van der Waals surface area contributed by atoms with E-state index in [0.29, 0.717) is 30.0 Å². The molecule has 1 aliphatic carbocycles. The Morgan fingerprint density at radius 1 is 1.14 bits per heavy atom. The Labute approximate surface area is 167 Å². The lowest BCUT2D eigenvalue weighted by molar-refractivity contribution is -0.0102. The van der Waals surface area contributed by atoms with Crippen molar-refractivity contribution in [2.45, 2.75) is 50.9 Å². The minimum Gasteiger partial charge on any atom is -0.356 e. The molecule has 8 heteroatoms. The van der Waals surface area contributed by atoms with E-state index in [1.807, 2.05) is 11.0 Å². The van der Waals surface area contributed by atoms with Crippen LogP contribution in [0.3, 0.4) is 0 Å². The van der Waals surface area contributed by atoms with Crippen molar-refractivity contribution in [2.24, 2.45) is 0 Å². The minimum absolute atomic E-state index is 0.150. The highest BCUT2D eigenvalue weighted by Gasteiger charge is 2.33. The molecule has 29 heavy (non-hydrogen) atoms. The summed E-state index contributed by atoms with van der Waals surface area (Å²) in [5.41, 5.74) is 2.42. The maximum atomic E-state index is 13.9. The molecule has 1 saturated heterocycles. The van der Waals surface area contributed by atoms with Crippen LogP contribution in [0.25, 0.3) is 0 Å². The van der Waals surface area contributed by atoms with Gasteiger partial charge < -0.3 is 15.2 Å². The second-order valence-electron chi connectivity index (χ2n) is 7.76. The third kappa shape index (κ3) is 4.46. The van der Waals surface area contributed by atoms with Crippen LogP contribution in [0.15, 0.2) is 29.2 Å². The van der Waals surface area contributed by atoms with Crippen LogP contribution in [-0.4, -0.2) is 34.9 Å². The molecule has 154 valence electrons. The summed E-state index contributed by atoms with van der Waals surface area (Å²) in [7, 11) is 0. The fourth-order valence-electron chi connectivity index (χ4n) is 4.03. The van der Waals surface area contributed by atoms with Crippen LogP contribution in [0, 0.1) is 0 Å². The summed E-state index contributed by atoms with van der Waals surface area (Å²) in [6.45, 7) is 0.594. The number of rotatable bonds is 3. The quantitative estimate of drug-likeness (QED) is 0.823. The van der Waals surface area contributed by atoms with Gasteiger partial charge in [-0.1, -0.05) is 0 Å². The molecule has 2 N–H and O–H groups in total. The van der Waals surface area contributed by atoms with Gasteiger partial charge in [0.15, 0.2) is 0 Å². The molecule has 2 aliphatic rings. The zero-order valence-electron chi connectivity index (χ0n) is 16.1. The monoisotopic (exact) mass is 402 g/mol. The second kappa shape index (κ2) is 7.93. The number of nitrogens with one attached hydrogen (secondary N) is 2. The highest BCUT2D eigenvalue weighted by atomic mass is 19.3. The number of aromatic nitrogens is 2. The highest BCUT2D eigenvalue weighted by molar-refractivity contribution is 6.07. The van der Waals surface area contributed by atoms with Crippen molar-refractivity contribution in [1.82, 2.24) is 9.97 Å². The van der Waals surface area contributed by atoms with E-state index in [0.717, 1.165) is 36.9 Å². The topological polar surface area (TPSA) is 78.1 Å². The van der Waals surface area contributed by atoms with Crippen LogP contribution in [-0.2, 0) is 12.8 Å². The molecule has 1 fully saturated rings. The lowest BCUT2D eigenvalue weighted by atomic mass is 9.94. The number of carbonyl (C=O) groups excluding carboxylic acids is 1. The number of anilines is 2. The Morgan fingerprint density at radius 3 is 2.79 bits per heavy atom. The van der Waals surface area contributed by atoms with Crippen LogP contribution in [0.4, 0.5) is 20.3 Å². The molecule has 0 radical (unpaired) electrons. The first-order valence-corrected chi connectivity index (χ1v) is 10.1. The zero-order valence-corrected chi connectivity index (χ0v) is 16.1. The van der Waals surface area contributed by atoms with E-state index in [2.05, 4.69) is 10.3 Å². The van der Waals surface area contributed by atoms with Crippen LogP contribution >= 0.6 is 0 Å². The van der Waals surface area contributed by atoms with Gasteiger partial charge in [0.05, 0.1) is 5.56 Å². The van der Waals surface area contributed by atoms with E-state index in [1.165, 1.54) is 12.3 Å². The molecule has 0 atom stereocenters. The van der Waals surface area contributed by atoms with E-state index >= 15 is 0 Å². The number of hydrogen-bond acceptors (Lipinski definition) is 4. The maximum absolute atomic E-state index is 13.9. The SMILES string of the molecule is O=C(Nc1cc[nH]c(=O)c1)c1cc2c(nc1N1CCCC(F)(F)CC1)CCCC2. The molecule has 0 unspecified atom stereocenters. The molecule has 2 aromatic rings. The standard InChI is InChI=1S/C21H24F2N4O2/c22-21(23)7-3-10-27(11-8-21)19-16(12-14-4-1-2-5-17(14)26-19)20(29)25-15-6-9-24-18(28)13-15/h6,9,12-13H,1-5,7-8,10-11H2,(H2,24,25,28,29).